The van der Waals surface area contributed by atoms with Crippen LogP contribution in [0.2, 0.25) is 0 Å². The highest BCUT2D eigenvalue weighted by Gasteiger charge is 2.21. The molecule has 2 aliphatic heterocycles. The molecule has 118 valence electrons. The van der Waals surface area contributed by atoms with Crippen molar-refractivity contribution in [2.24, 2.45) is 0 Å². The fraction of sp³-hybridized carbons (Fsp3) is 0.389. The molecule has 1 saturated heterocycles. The Morgan fingerprint density at radius 2 is 1.65 bits per heavy atom. The van der Waals surface area contributed by atoms with Crippen molar-refractivity contribution < 1.29 is 4.79 Å². The minimum Gasteiger partial charge on any atom is -0.339 e. The Labute approximate surface area is 136 Å². The highest BCUT2D eigenvalue weighted by Crippen LogP contribution is 2.22. The number of likely N-dealkylation sites (tertiary alicyclic amines) is 1. The Bertz CT molecular complexity index is 707. The standard InChI is InChI=1S/C18H20N4O/c23-17(21-8-3-4-9-21)16-11-19-18(20-12-16)22-10-7-14-5-1-2-6-15(14)13-22/h1-2,5-6,11-12H,3-4,7-10,13H2. The fourth-order valence-electron chi connectivity index (χ4n) is 3.36. The summed E-state index contributed by atoms with van der Waals surface area (Å²) in [5.41, 5.74) is 3.33. The average molecular weight is 308 g/mol. The summed E-state index contributed by atoms with van der Waals surface area (Å²) < 4.78 is 0. The number of anilines is 1. The van der Waals surface area contributed by atoms with E-state index in [4.69, 9.17) is 0 Å². The van der Waals surface area contributed by atoms with Crippen molar-refractivity contribution in [1.82, 2.24) is 14.9 Å². The van der Waals surface area contributed by atoms with Gasteiger partial charge in [-0.3, -0.25) is 4.79 Å². The van der Waals surface area contributed by atoms with Gasteiger partial charge in [0.1, 0.15) is 0 Å². The highest BCUT2D eigenvalue weighted by atomic mass is 16.2. The van der Waals surface area contributed by atoms with Crippen molar-refractivity contribution >= 4 is 11.9 Å². The maximum absolute atomic E-state index is 12.3. The van der Waals surface area contributed by atoms with E-state index in [0.717, 1.165) is 45.4 Å². The van der Waals surface area contributed by atoms with Gasteiger partial charge in [0.2, 0.25) is 5.95 Å². The Kier molecular flexibility index (Phi) is 3.69. The Hall–Kier alpha value is -2.43. The molecule has 0 radical (unpaired) electrons. The first-order valence-corrected chi connectivity index (χ1v) is 8.24. The first kappa shape index (κ1) is 14.2. The smallest absolute Gasteiger partial charge is 0.256 e. The molecule has 1 fully saturated rings. The zero-order valence-electron chi connectivity index (χ0n) is 13.1. The Morgan fingerprint density at radius 1 is 0.957 bits per heavy atom. The van der Waals surface area contributed by atoms with Crippen molar-refractivity contribution in [2.75, 3.05) is 24.5 Å². The number of aromatic nitrogens is 2. The van der Waals surface area contributed by atoms with E-state index in [9.17, 15) is 4.79 Å². The number of rotatable bonds is 2. The van der Waals surface area contributed by atoms with Crippen molar-refractivity contribution in [3.8, 4) is 0 Å². The summed E-state index contributed by atoms with van der Waals surface area (Å²) in [6.45, 7) is 3.44. The van der Waals surface area contributed by atoms with E-state index < -0.39 is 0 Å². The number of nitrogens with zero attached hydrogens (tertiary/aromatic N) is 4. The van der Waals surface area contributed by atoms with Gasteiger partial charge in [-0.1, -0.05) is 24.3 Å². The van der Waals surface area contributed by atoms with Crippen LogP contribution in [0.3, 0.4) is 0 Å². The molecule has 23 heavy (non-hydrogen) atoms. The maximum atomic E-state index is 12.3. The van der Waals surface area contributed by atoms with Gasteiger partial charge in [-0.25, -0.2) is 9.97 Å². The predicted molar refractivity (Wildman–Crippen MR) is 88.4 cm³/mol. The van der Waals surface area contributed by atoms with Crippen LogP contribution in [0.1, 0.15) is 34.3 Å². The van der Waals surface area contributed by atoms with E-state index in [0.29, 0.717) is 11.5 Å². The van der Waals surface area contributed by atoms with Crippen molar-refractivity contribution in [3.05, 3.63) is 53.3 Å². The van der Waals surface area contributed by atoms with E-state index >= 15 is 0 Å². The summed E-state index contributed by atoms with van der Waals surface area (Å²) in [5.74, 6) is 0.760. The molecular weight excluding hydrogens is 288 g/mol. The summed E-state index contributed by atoms with van der Waals surface area (Å²) in [5, 5.41) is 0. The topological polar surface area (TPSA) is 49.3 Å². The van der Waals surface area contributed by atoms with Gasteiger partial charge in [-0.15, -0.1) is 0 Å². The number of benzene rings is 1. The second kappa shape index (κ2) is 5.99. The van der Waals surface area contributed by atoms with Crippen molar-refractivity contribution in [1.29, 1.82) is 0 Å². The van der Waals surface area contributed by atoms with Crippen molar-refractivity contribution in [2.45, 2.75) is 25.8 Å². The minimum absolute atomic E-state index is 0.0537. The number of carbonyl (C=O) groups excluding carboxylic acids is 1. The molecule has 0 aliphatic carbocycles. The molecule has 0 bridgehead atoms. The lowest BCUT2D eigenvalue weighted by molar-refractivity contribution is 0.0792. The molecule has 0 N–H and O–H groups in total. The summed E-state index contributed by atoms with van der Waals surface area (Å²) in [4.78, 5) is 25.3. The van der Waals surface area contributed by atoms with E-state index in [1.807, 2.05) is 4.90 Å². The van der Waals surface area contributed by atoms with Crippen LogP contribution in [0.25, 0.3) is 0 Å². The van der Waals surface area contributed by atoms with Crippen LogP contribution in [-0.2, 0) is 13.0 Å². The molecule has 2 aromatic rings. The maximum Gasteiger partial charge on any atom is 0.256 e. The van der Waals surface area contributed by atoms with Gasteiger partial charge in [0.05, 0.1) is 5.56 Å². The molecule has 0 saturated carbocycles. The van der Waals surface area contributed by atoms with Crippen LogP contribution in [0.4, 0.5) is 5.95 Å². The van der Waals surface area contributed by atoms with E-state index in [1.54, 1.807) is 12.4 Å². The van der Waals surface area contributed by atoms with Crippen LogP contribution in [0.5, 0.6) is 0 Å². The highest BCUT2D eigenvalue weighted by molar-refractivity contribution is 5.93. The lowest BCUT2D eigenvalue weighted by Gasteiger charge is -2.28. The van der Waals surface area contributed by atoms with Gasteiger partial charge in [0.25, 0.3) is 5.91 Å². The van der Waals surface area contributed by atoms with Crippen LogP contribution in [0, 0.1) is 0 Å². The van der Waals surface area contributed by atoms with Crippen LogP contribution in [-0.4, -0.2) is 40.4 Å². The van der Waals surface area contributed by atoms with Gasteiger partial charge in [-0.05, 0) is 30.4 Å². The number of hydrogen-bond donors (Lipinski definition) is 0. The second-order valence-electron chi connectivity index (χ2n) is 6.21. The van der Waals surface area contributed by atoms with Gasteiger partial charge in [-0.2, -0.15) is 0 Å². The van der Waals surface area contributed by atoms with Gasteiger partial charge >= 0.3 is 0 Å². The number of fused-ring (bicyclic) bond motifs is 1. The van der Waals surface area contributed by atoms with Gasteiger partial charge < -0.3 is 9.80 Å². The first-order chi connectivity index (χ1) is 11.3. The van der Waals surface area contributed by atoms with Gasteiger partial charge in [0, 0.05) is 38.6 Å². The molecule has 3 heterocycles. The van der Waals surface area contributed by atoms with Crippen LogP contribution in [0.15, 0.2) is 36.7 Å². The molecular formula is C18H20N4O. The normalized spacial score (nSPS) is 17.2. The molecule has 5 nitrogen and oxygen atoms in total. The van der Waals surface area contributed by atoms with Crippen LogP contribution >= 0.6 is 0 Å². The average Bonchev–Trinajstić information content (AvgIpc) is 3.15. The number of hydrogen-bond acceptors (Lipinski definition) is 4. The summed E-state index contributed by atoms with van der Waals surface area (Å²) in [6.07, 6.45) is 6.54. The summed E-state index contributed by atoms with van der Waals surface area (Å²) in [7, 11) is 0. The zero-order valence-corrected chi connectivity index (χ0v) is 13.1. The quantitative estimate of drug-likeness (QED) is 0.854. The predicted octanol–water partition coefficient (Wildman–Crippen LogP) is 2.28. The molecule has 4 rings (SSSR count). The molecule has 0 unspecified atom stereocenters. The SMILES string of the molecule is O=C(c1cnc(N2CCc3ccccc3C2)nc1)N1CCCC1. The zero-order chi connectivity index (χ0) is 15.6. The largest absolute Gasteiger partial charge is 0.339 e. The van der Waals surface area contributed by atoms with Crippen molar-refractivity contribution in [3.63, 3.8) is 0 Å². The van der Waals surface area contributed by atoms with Gasteiger partial charge in [0.15, 0.2) is 0 Å². The molecule has 1 amide bonds. The third kappa shape index (κ3) is 2.79. The monoisotopic (exact) mass is 308 g/mol. The van der Waals surface area contributed by atoms with E-state index in [1.165, 1.54) is 11.1 Å². The molecule has 0 spiro atoms. The first-order valence-electron chi connectivity index (χ1n) is 8.24. The third-order valence-corrected chi connectivity index (χ3v) is 4.69. The molecule has 2 aliphatic rings. The lowest BCUT2D eigenvalue weighted by atomic mass is 10.0. The number of carbonyl (C=O) groups is 1. The third-order valence-electron chi connectivity index (χ3n) is 4.69. The summed E-state index contributed by atoms with van der Waals surface area (Å²) in [6, 6.07) is 8.50. The fourth-order valence-corrected chi connectivity index (χ4v) is 3.36. The molecule has 0 atom stereocenters. The minimum atomic E-state index is 0.0537. The Morgan fingerprint density at radius 3 is 2.39 bits per heavy atom. The molecule has 5 heteroatoms. The summed E-state index contributed by atoms with van der Waals surface area (Å²) >= 11 is 0. The number of amides is 1. The molecule has 1 aromatic heterocycles. The molecule has 1 aromatic carbocycles. The van der Waals surface area contributed by atoms with E-state index in [-0.39, 0.29) is 5.91 Å². The lowest BCUT2D eigenvalue weighted by Crippen LogP contribution is -2.32. The second-order valence-corrected chi connectivity index (χ2v) is 6.21. The van der Waals surface area contributed by atoms with Crippen LogP contribution < -0.4 is 4.90 Å². The van der Waals surface area contributed by atoms with E-state index in [2.05, 4.69) is 39.1 Å². The Balaban J connectivity index is 1.49.